The molecule has 0 aliphatic carbocycles. The molecule has 0 saturated heterocycles. The number of aromatic nitrogens is 5. The topological polar surface area (TPSA) is 85.3 Å². The van der Waals surface area contributed by atoms with Crippen LogP contribution in [0.15, 0.2) is 77.7 Å². The molecule has 0 amide bonds. The number of rotatable bonds is 5. The van der Waals surface area contributed by atoms with Crippen molar-refractivity contribution in [1.82, 2.24) is 24.4 Å². The molecule has 0 bridgehead atoms. The molecule has 0 spiro atoms. The van der Waals surface area contributed by atoms with Crippen LogP contribution in [-0.2, 0) is 13.2 Å². The molecule has 1 N–H and O–H groups in total. The first-order valence-corrected chi connectivity index (χ1v) is 10.9. The van der Waals surface area contributed by atoms with Crippen LogP contribution in [0.5, 0.6) is 0 Å². The van der Waals surface area contributed by atoms with Crippen LogP contribution in [0.1, 0.15) is 11.4 Å². The molecule has 5 aromatic rings. The summed E-state index contributed by atoms with van der Waals surface area (Å²) in [5.41, 5.74) is 4.43. The Labute approximate surface area is 198 Å². The monoisotopic (exact) mass is 477 g/mol. The summed E-state index contributed by atoms with van der Waals surface area (Å²) in [6.45, 7) is -0.0347. The summed E-state index contributed by atoms with van der Waals surface area (Å²) < 4.78 is 2.59. The molecule has 5 rings (SSSR count). The number of fused-ring (bicyclic) bond motifs is 1. The third-order valence-electron chi connectivity index (χ3n) is 5.24. The number of pyridine rings is 1. The highest BCUT2D eigenvalue weighted by Crippen LogP contribution is 2.34. The van der Waals surface area contributed by atoms with Gasteiger partial charge < -0.3 is 5.11 Å². The van der Waals surface area contributed by atoms with Crippen LogP contribution >= 0.6 is 23.2 Å². The molecular weight excluding hydrogens is 461 g/mol. The van der Waals surface area contributed by atoms with E-state index in [-0.39, 0.29) is 18.8 Å². The SMILES string of the molecule is O=c1n(Cc2cccc(CO)n2)nc2c(-c3ccc(Cl)cc3)c(-c3ccc(Cl)cc3)cnn12. The minimum absolute atomic E-state index is 0.145. The van der Waals surface area contributed by atoms with Crippen molar-refractivity contribution in [3.05, 3.63) is 105 Å². The first-order valence-electron chi connectivity index (χ1n) is 10.1. The van der Waals surface area contributed by atoms with Crippen molar-refractivity contribution in [2.45, 2.75) is 13.2 Å². The fraction of sp³-hybridized carbons (Fsp3) is 0.0833. The highest BCUT2D eigenvalue weighted by Gasteiger charge is 2.19. The number of nitrogens with zero attached hydrogens (tertiary/aromatic N) is 5. The number of hydrogen-bond donors (Lipinski definition) is 1. The highest BCUT2D eigenvalue weighted by molar-refractivity contribution is 6.31. The van der Waals surface area contributed by atoms with Gasteiger partial charge >= 0.3 is 5.69 Å². The molecule has 0 radical (unpaired) electrons. The van der Waals surface area contributed by atoms with Crippen LogP contribution in [0.2, 0.25) is 10.0 Å². The smallest absolute Gasteiger partial charge is 0.367 e. The summed E-state index contributed by atoms with van der Waals surface area (Å²) in [4.78, 5) is 17.5. The fourth-order valence-electron chi connectivity index (χ4n) is 3.67. The molecule has 0 unspecified atom stereocenters. The summed E-state index contributed by atoms with van der Waals surface area (Å²) in [6.07, 6.45) is 1.65. The van der Waals surface area contributed by atoms with Crippen LogP contribution in [0.3, 0.4) is 0 Å². The van der Waals surface area contributed by atoms with Gasteiger partial charge in [0.2, 0.25) is 0 Å². The Kier molecular flexibility index (Phi) is 5.68. The van der Waals surface area contributed by atoms with Crippen molar-refractivity contribution >= 4 is 28.8 Å². The van der Waals surface area contributed by atoms with Crippen LogP contribution in [0.25, 0.3) is 27.9 Å². The maximum absolute atomic E-state index is 13.1. The Bertz CT molecular complexity index is 1510. The van der Waals surface area contributed by atoms with Crippen molar-refractivity contribution in [2.75, 3.05) is 0 Å². The predicted octanol–water partition coefficient (Wildman–Crippen LogP) is 4.47. The number of halogens is 2. The third-order valence-corrected chi connectivity index (χ3v) is 5.74. The maximum Gasteiger partial charge on any atom is 0.367 e. The van der Waals surface area contributed by atoms with E-state index in [1.807, 2.05) is 24.3 Å². The number of aliphatic hydroxyl groups excluding tert-OH is 1. The molecule has 9 heteroatoms. The summed E-state index contributed by atoms with van der Waals surface area (Å²) >= 11 is 12.2. The molecule has 0 aliphatic rings. The van der Waals surface area contributed by atoms with Gasteiger partial charge in [-0.1, -0.05) is 53.5 Å². The van der Waals surface area contributed by atoms with Gasteiger partial charge in [-0.05, 0) is 47.5 Å². The Morgan fingerprint density at radius 1 is 0.848 bits per heavy atom. The maximum atomic E-state index is 13.1. The van der Waals surface area contributed by atoms with Crippen molar-refractivity contribution in [2.24, 2.45) is 0 Å². The second-order valence-electron chi connectivity index (χ2n) is 7.40. The molecule has 164 valence electrons. The van der Waals surface area contributed by atoms with Crippen LogP contribution < -0.4 is 5.69 Å². The summed E-state index contributed by atoms with van der Waals surface area (Å²) in [7, 11) is 0. The molecule has 3 aromatic heterocycles. The fourth-order valence-corrected chi connectivity index (χ4v) is 3.92. The zero-order valence-corrected chi connectivity index (χ0v) is 18.7. The number of hydrogen-bond acceptors (Lipinski definition) is 5. The van der Waals surface area contributed by atoms with Gasteiger partial charge in [-0.25, -0.2) is 9.48 Å². The van der Waals surface area contributed by atoms with Crippen molar-refractivity contribution < 1.29 is 5.11 Å². The zero-order chi connectivity index (χ0) is 22.9. The Balaban J connectivity index is 1.72. The lowest BCUT2D eigenvalue weighted by atomic mass is 9.97. The van der Waals surface area contributed by atoms with E-state index in [9.17, 15) is 9.90 Å². The van der Waals surface area contributed by atoms with E-state index in [0.717, 1.165) is 22.3 Å². The van der Waals surface area contributed by atoms with E-state index >= 15 is 0 Å². The third kappa shape index (κ3) is 4.14. The molecular formula is C24H17Cl2N5O2. The van der Waals surface area contributed by atoms with Gasteiger partial charge in [0.25, 0.3) is 0 Å². The van der Waals surface area contributed by atoms with Crippen molar-refractivity contribution in [1.29, 1.82) is 0 Å². The van der Waals surface area contributed by atoms with Gasteiger partial charge in [-0.2, -0.15) is 9.61 Å². The quantitative estimate of drug-likeness (QED) is 0.403. The van der Waals surface area contributed by atoms with Gasteiger partial charge in [0.15, 0.2) is 5.65 Å². The minimum Gasteiger partial charge on any atom is -0.390 e. The van der Waals surface area contributed by atoms with E-state index in [2.05, 4.69) is 15.2 Å². The molecule has 0 atom stereocenters. The summed E-state index contributed by atoms with van der Waals surface area (Å²) in [5, 5.41) is 19.6. The molecule has 0 aliphatic heterocycles. The standard InChI is InChI=1S/C24H17Cl2N5O2/c25-17-8-4-15(5-9-17)21-12-27-31-23(22(21)16-6-10-18(26)11-7-16)29-30(24(31)33)13-19-2-1-3-20(14-32)28-19/h1-12,32H,13-14H2. The molecule has 33 heavy (non-hydrogen) atoms. The van der Waals surface area contributed by atoms with Crippen molar-refractivity contribution in [3.8, 4) is 22.3 Å². The minimum atomic E-state index is -0.390. The zero-order valence-electron chi connectivity index (χ0n) is 17.2. The molecule has 2 aromatic carbocycles. The lowest BCUT2D eigenvalue weighted by molar-refractivity contribution is 0.276. The lowest BCUT2D eigenvalue weighted by Crippen LogP contribution is -2.23. The molecule has 0 fully saturated rings. The van der Waals surface area contributed by atoms with E-state index in [0.29, 0.717) is 27.1 Å². The average Bonchev–Trinajstić information content (AvgIpc) is 3.15. The Morgan fingerprint density at radius 3 is 2.15 bits per heavy atom. The second kappa shape index (κ2) is 8.78. The van der Waals surface area contributed by atoms with Gasteiger partial charge in [-0.3, -0.25) is 4.98 Å². The first kappa shape index (κ1) is 21.3. The lowest BCUT2D eigenvalue weighted by Gasteiger charge is -2.11. The summed E-state index contributed by atoms with van der Waals surface area (Å²) in [5.74, 6) is 0. The van der Waals surface area contributed by atoms with E-state index in [4.69, 9.17) is 23.2 Å². The van der Waals surface area contributed by atoms with Crippen molar-refractivity contribution in [3.63, 3.8) is 0 Å². The van der Waals surface area contributed by atoms with Gasteiger partial charge in [0, 0.05) is 21.2 Å². The average molecular weight is 478 g/mol. The van der Waals surface area contributed by atoms with Gasteiger partial charge in [-0.15, -0.1) is 5.10 Å². The largest absolute Gasteiger partial charge is 0.390 e. The Hall–Kier alpha value is -3.52. The molecule has 0 saturated carbocycles. The second-order valence-corrected chi connectivity index (χ2v) is 8.27. The van der Waals surface area contributed by atoms with E-state index in [1.54, 1.807) is 48.7 Å². The highest BCUT2D eigenvalue weighted by atomic mass is 35.5. The Morgan fingerprint density at radius 2 is 1.48 bits per heavy atom. The molecule has 3 heterocycles. The van der Waals surface area contributed by atoms with E-state index in [1.165, 1.54) is 9.20 Å². The van der Waals surface area contributed by atoms with Crippen LogP contribution in [-0.4, -0.2) is 29.5 Å². The van der Waals surface area contributed by atoms with E-state index < -0.39 is 0 Å². The number of benzene rings is 2. The first-order chi connectivity index (χ1) is 16.0. The normalized spacial score (nSPS) is 11.2. The van der Waals surface area contributed by atoms with Crippen LogP contribution in [0, 0.1) is 0 Å². The van der Waals surface area contributed by atoms with Gasteiger partial charge in [0.05, 0.1) is 30.7 Å². The number of aliphatic hydroxyl groups is 1. The van der Waals surface area contributed by atoms with Crippen LogP contribution in [0.4, 0.5) is 0 Å². The summed E-state index contributed by atoms with van der Waals surface area (Å²) in [6, 6.07) is 20.0. The molecule has 7 nitrogen and oxygen atoms in total. The van der Waals surface area contributed by atoms with Gasteiger partial charge in [0.1, 0.15) is 0 Å². The predicted molar refractivity (Wildman–Crippen MR) is 127 cm³/mol.